The predicted octanol–water partition coefficient (Wildman–Crippen LogP) is 1.53. The number of methoxy groups -OCH3 is 1. The molecule has 0 atom stereocenters. The van der Waals surface area contributed by atoms with Crippen molar-refractivity contribution in [2.75, 3.05) is 7.11 Å². The minimum Gasteiger partial charge on any atom is -0.495 e. The van der Waals surface area contributed by atoms with Gasteiger partial charge in [-0.05, 0) is 12.5 Å². The maximum atomic E-state index is 5.76. The van der Waals surface area contributed by atoms with Crippen LogP contribution in [-0.2, 0) is 4.74 Å². The van der Waals surface area contributed by atoms with Gasteiger partial charge in [0.25, 0.3) is 0 Å². The van der Waals surface area contributed by atoms with Gasteiger partial charge in [0.1, 0.15) is 10.8 Å². The van der Waals surface area contributed by atoms with E-state index in [1.165, 1.54) is 0 Å². The molecule has 2 N–H and O–H groups in total. The maximum absolute atomic E-state index is 5.76. The van der Waals surface area contributed by atoms with Gasteiger partial charge in [0.2, 0.25) is 0 Å². The van der Waals surface area contributed by atoms with Crippen molar-refractivity contribution in [3.8, 4) is 0 Å². The van der Waals surface area contributed by atoms with E-state index in [1.54, 1.807) is 7.11 Å². The molecular weight excluding hydrogens is 150 g/mol. The zero-order chi connectivity index (χ0) is 7.56. The summed E-state index contributed by atoms with van der Waals surface area (Å²) in [6.45, 7) is 0. The van der Waals surface area contributed by atoms with Crippen molar-refractivity contribution >= 4 is 11.6 Å². The van der Waals surface area contributed by atoms with Gasteiger partial charge in [0, 0.05) is 12.1 Å². The standard InChI is InChI=1S/C7H9ClNO/c1-10-6-4-2-3-5(9)7(6)8/h3-4H,2,9H2,1H3. The van der Waals surface area contributed by atoms with Gasteiger partial charge in [0.15, 0.2) is 0 Å². The smallest absolute Gasteiger partial charge is 0.135 e. The molecule has 0 unspecified atom stereocenters. The van der Waals surface area contributed by atoms with Gasteiger partial charge in [-0.1, -0.05) is 11.6 Å². The van der Waals surface area contributed by atoms with Crippen LogP contribution in [-0.4, -0.2) is 7.11 Å². The first kappa shape index (κ1) is 7.48. The van der Waals surface area contributed by atoms with E-state index in [1.807, 2.05) is 12.5 Å². The third-order valence-electron chi connectivity index (χ3n) is 1.33. The molecule has 1 radical (unpaired) electrons. The summed E-state index contributed by atoms with van der Waals surface area (Å²) in [6, 6.07) is 0. The molecule has 1 rings (SSSR count). The normalized spacial score (nSPS) is 18.8. The number of rotatable bonds is 1. The Morgan fingerprint density at radius 1 is 1.70 bits per heavy atom. The average Bonchev–Trinajstić information content (AvgIpc) is 1.95. The number of hydrogen-bond acceptors (Lipinski definition) is 2. The SMILES string of the molecule is COC1=CC[CH]C(N)=C1Cl. The molecule has 0 heterocycles. The third kappa shape index (κ3) is 1.27. The van der Waals surface area contributed by atoms with Gasteiger partial charge < -0.3 is 10.5 Å². The molecule has 0 amide bonds. The number of hydrogen-bond donors (Lipinski definition) is 1. The lowest BCUT2D eigenvalue weighted by Crippen LogP contribution is -2.06. The molecule has 2 nitrogen and oxygen atoms in total. The molecule has 0 aromatic carbocycles. The highest BCUT2D eigenvalue weighted by atomic mass is 35.5. The van der Waals surface area contributed by atoms with E-state index in [2.05, 4.69) is 0 Å². The van der Waals surface area contributed by atoms with E-state index >= 15 is 0 Å². The highest BCUT2D eigenvalue weighted by molar-refractivity contribution is 6.32. The summed E-state index contributed by atoms with van der Waals surface area (Å²) >= 11 is 5.76. The van der Waals surface area contributed by atoms with E-state index in [0.29, 0.717) is 16.5 Å². The van der Waals surface area contributed by atoms with Crippen LogP contribution in [0.25, 0.3) is 0 Å². The molecule has 0 spiro atoms. The van der Waals surface area contributed by atoms with E-state index < -0.39 is 0 Å². The van der Waals surface area contributed by atoms with Crippen LogP contribution in [0.15, 0.2) is 22.6 Å². The quantitative estimate of drug-likeness (QED) is 0.628. The first-order valence-electron chi connectivity index (χ1n) is 2.98. The molecule has 0 saturated carbocycles. The minimum atomic E-state index is 0.508. The van der Waals surface area contributed by atoms with E-state index in [4.69, 9.17) is 22.1 Å². The number of halogens is 1. The zero-order valence-electron chi connectivity index (χ0n) is 5.73. The molecule has 0 fully saturated rings. The van der Waals surface area contributed by atoms with Crippen molar-refractivity contribution < 1.29 is 4.74 Å². The summed E-state index contributed by atoms with van der Waals surface area (Å²) in [5.74, 6) is 0.668. The Hall–Kier alpha value is -0.630. The lowest BCUT2D eigenvalue weighted by Gasteiger charge is -2.12. The Kier molecular flexibility index (Phi) is 2.22. The van der Waals surface area contributed by atoms with Crippen molar-refractivity contribution in [1.29, 1.82) is 0 Å². The summed E-state index contributed by atoms with van der Waals surface area (Å²) in [7, 11) is 1.58. The van der Waals surface area contributed by atoms with Crippen LogP contribution in [0.5, 0.6) is 0 Å². The highest BCUT2D eigenvalue weighted by Gasteiger charge is 2.11. The van der Waals surface area contributed by atoms with Crippen molar-refractivity contribution in [2.24, 2.45) is 5.73 Å². The topological polar surface area (TPSA) is 35.2 Å². The van der Waals surface area contributed by atoms with Crippen LogP contribution >= 0.6 is 11.6 Å². The fourth-order valence-electron chi connectivity index (χ4n) is 0.787. The largest absolute Gasteiger partial charge is 0.495 e. The summed E-state index contributed by atoms with van der Waals surface area (Å²) in [4.78, 5) is 0. The predicted molar refractivity (Wildman–Crippen MR) is 41.1 cm³/mol. The molecule has 55 valence electrons. The lowest BCUT2D eigenvalue weighted by molar-refractivity contribution is 0.301. The fraction of sp³-hybridized carbons (Fsp3) is 0.286. The van der Waals surface area contributed by atoms with Gasteiger partial charge >= 0.3 is 0 Å². The second-order valence-electron chi connectivity index (χ2n) is 1.98. The summed E-state index contributed by atoms with van der Waals surface area (Å²) in [5.41, 5.74) is 6.11. The van der Waals surface area contributed by atoms with Gasteiger partial charge in [-0.15, -0.1) is 0 Å². The van der Waals surface area contributed by atoms with E-state index in [9.17, 15) is 0 Å². The highest BCUT2D eigenvalue weighted by Crippen LogP contribution is 2.24. The van der Waals surface area contributed by atoms with Gasteiger partial charge in [-0.25, -0.2) is 0 Å². The first-order valence-corrected chi connectivity index (χ1v) is 3.36. The molecule has 0 aromatic heterocycles. The van der Waals surface area contributed by atoms with Crippen molar-refractivity contribution in [2.45, 2.75) is 6.42 Å². The van der Waals surface area contributed by atoms with Gasteiger partial charge in [-0.3, -0.25) is 0 Å². The Bertz CT molecular complexity index is 196. The van der Waals surface area contributed by atoms with Gasteiger partial charge in [-0.2, -0.15) is 0 Å². The van der Waals surface area contributed by atoms with Crippen LogP contribution in [0.3, 0.4) is 0 Å². The van der Waals surface area contributed by atoms with Gasteiger partial charge in [0.05, 0.1) is 7.11 Å². The molecule has 1 aliphatic carbocycles. The Morgan fingerprint density at radius 2 is 2.40 bits per heavy atom. The Morgan fingerprint density at radius 3 is 2.90 bits per heavy atom. The van der Waals surface area contributed by atoms with E-state index in [-0.39, 0.29) is 0 Å². The Balaban J connectivity index is 2.83. The fourth-order valence-corrected chi connectivity index (χ4v) is 1.02. The summed E-state index contributed by atoms with van der Waals surface area (Å²) < 4.78 is 4.95. The number of ether oxygens (including phenoxy) is 1. The molecule has 0 bridgehead atoms. The number of nitrogens with two attached hydrogens (primary N) is 1. The van der Waals surface area contributed by atoms with Crippen molar-refractivity contribution in [3.05, 3.63) is 29.0 Å². The minimum absolute atomic E-state index is 0.508. The second-order valence-corrected chi connectivity index (χ2v) is 2.36. The van der Waals surface area contributed by atoms with Crippen LogP contribution in [0.1, 0.15) is 6.42 Å². The van der Waals surface area contributed by atoms with Crippen molar-refractivity contribution in [3.63, 3.8) is 0 Å². The average molecular weight is 159 g/mol. The summed E-state index contributed by atoms with van der Waals surface area (Å²) in [5, 5.41) is 0.508. The molecule has 1 aliphatic rings. The Labute approximate surface area is 65.3 Å². The zero-order valence-corrected chi connectivity index (χ0v) is 6.48. The summed E-state index contributed by atoms with van der Waals surface area (Å²) in [6.07, 6.45) is 4.54. The first-order chi connectivity index (χ1) is 4.75. The van der Waals surface area contributed by atoms with Crippen LogP contribution in [0.4, 0.5) is 0 Å². The molecular formula is C7H9ClNO. The second kappa shape index (κ2) is 2.97. The van der Waals surface area contributed by atoms with Crippen molar-refractivity contribution in [1.82, 2.24) is 0 Å². The molecule has 3 heteroatoms. The van der Waals surface area contributed by atoms with Crippen LogP contribution in [0.2, 0.25) is 0 Å². The lowest BCUT2D eigenvalue weighted by atomic mass is 10.1. The molecule has 10 heavy (non-hydrogen) atoms. The third-order valence-corrected chi connectivity index (χ3v) is 1.74. The van der Waals surface area contributed by atoms with E-state index in [0.717, 1.165) is 6.42 Å². The monoisotopic (exact) mass is 158 g/mol. The molecule has 0 aromatic rings. The van der Waals surface area contributed by atoms with Crippen LogP contribution < -0.4 is 5.73 Å². The number of allylic oxidation sites excluding steroid dienone is 3. The maximum Gasteiger partial charge on any atom is 0.135 e. The van der Waals surface area contributed by atoms with Crippen LogP contribution in [0, 0.1) is 6.42 Å². The molecule has 0 aliphatic heterocycles. The molecule has 0 saturated heterocycles.